The molecule has 3 heteroatoms. The van der Waals surface area contributed by atoms with Crippen LogP contribution in [0.25, 0.3) is 0 Å². The summed E-state index contributed by atoms with van der Waals surface area (Å²) < 4.78 is 5.55. The van der Waals surface area contributed by atoms with Crippen LogP contribution in [-0.4, -0.2) is 41.8 Å². The van der Waals surface area contributed by atoms with Crippen molar-refractivity contribution < 1.29 is 9.84 Å². The summed E-state index contributed by atoms with van der Waals surface area (Å²) in [5.74, 6) is 1.70. The van der Waals surface area contributed by atoms with Crippen molar-refractivity contribution in [2.45, 2.75) is 81.3 Å². The molecule has 3 fully saturated rings. The summed E-state index contributed by atoms with van der Waals surface area (Å²) in [4.78, 5) is 2.65. The molecule has 0 aromatic heterocycles. The average Bonchev–Trinajstić information content (AvgIpc) is 3.03. The van der Waals surface area contributed by atoms with Gasteiger partial charge >= 0.3 is 0 Å². The van der Waals surface area contributed by atoms with Gasteiger partial charge in [-0.15, -0.1) is 0 Å². The van der Waals surface area contributed by atoms with E-state index in [4.69, 9.17) is 4.74 Å². The van der Waals surface area contributed by atoms with E-state index in [0.29, 0.717) is 6.04 Å². The number of benzene rings is 1. The number of fused-ring (bicyclic) bond motifs is 2. The monoisotopic (exact) mass is 355 g/mol. The van der Waals surface area contributed by atoms with E-state index >= 15 is 0 Å². The maximum Gasteiger partial charge on any atom is 0.119 e. The second-order valence-electron chi connectivity index (χ2n) is 9.47. The van der Waals surface area contributed by atoms with Crippen molar-refractivity contribution in [2.24, 2.45) is 5.92 Å². The quantitative estimate of drug-likeness (QED) is 0.866. The second-order valence-corrected chi connectivity index (χ2v) is 9.47. The van der Waals surface area contributed by atoms with Crippen molar-refractivity contribution in [1.29, 1.82) is 0 Å². The first-order valence-electron chi connectivity index (χ1n) is 10.7. The molecule has 2 saturated carbocycles. The van der Waals surface area contributed by atoms with Gasteiger partial charge in [0.15, 0.2) is 0 Å². The molecule has 0 radical (unpaired) electrons. The highest BCUT2D eigenvalue weighted by molar-refractivity contribution is 5.61. The molecule has 2 bridgehead atoms. The summed E-state index contributed by atoms with van der Waals surface area (Å²) in [7, 11) is 1.75. The number of likely N-dealkylation sites (tertiary alicyclic amines) is 1. The predicted molar refractivity (Wildman–Crippen MR) is 104 cm³/mol. The lowest BCUT2D eigenvalue weighted by Gasteiger charge is -2.63. The zero-order chi connectivity index (χ0) is 18.2. The fraction of sp³-hybridized carbons (Fsp3) is 0.739. The Balaban J connectivity index is 1.60. The molecular formula is C23H33NO2. The molecule has 1 aromatic rings. The van der Waals surface area contributed by atoms with Crippen LogP contribution < -0.4 is 4.74 Å². The van der Waals surface area contributed by atoms with E-state index < -0.39 is 5.60 Å². The Kier molecular flexibility index (Phi) is 3.60. The molecule has 142 valence electrons. The van der Waals surface area contributed by atoms with E-state index in [-0.39, 0.29) is 10.8 Å². The Bertz CT molecular complexity index is 729. The molecule has 3 nitrogen and oxygen atoms in total. The van der Waals surface area contributed by atoms with Crippen molar-refractivity contribution in [2.75, 3.05) is 20.2 Å². The van der Waals surface area contributed by atoms with Gasteiger partial charge in [-0.05, 0) is 48.4 Å². The Morgan fingerprint density at radius 2 is 1.96 bits per heavy atom. The van der Waals surface area contributed by atoms with Gasteiger partial charge in [0.2, 0.25) is 0 Å². The highest BCUT2D eigenvalue weighted by atomic mass is 16.5. The molecule has 1 N–H and O–H groups in total. The number of nitrogens with zero attached hydrogens (tertiary/aromatic N) is 1. The van der Waals surface area contributed by atoms with Crippen molar-refractivity contribution in [3.8, 4) is 5.75 Å². The first-order chi connectivity index (χ1) is 12.5. The SMILES string of the molecule is CCC(CC)CN1CC23C[C@@]4(CCCC[C@@]4(O)[C@H]12)c1cc(OC)ccc13. The first kappa shape index (κ1) is 17.1. The molecule has 3 aliphatic carbocycles. The van der Waals surface area contributed by atoms with Crippen molar-refractivity contribution in [1.82, 2.24) is 4.90 Å². The molecule has 5 rings (SSSR count). The predicted octanol–water partition coefficient (Wildman–Crippen LogP) is 4.01. The summed E-state index contributed by atoms with van der Waals surface area (Å²) in [5, 5.41) is 12.1. The van der Waals surface area contributed by atoms with E-state index in [2.05, 4.69) is 36.9 Å². The minimum absolute atomic E-state index is 0.0392. The second kappa shape index (κ2) is 5.48. The number of hydrogen-bond acceptors (Lipinski definition) is 3. The molecule has 1 aliphatic heterocycles. The van der Waals surface area contributed by atoms with Gasteiger partial charge in [-0.1, -0.05) is 45.6 Å². The van der Waals surface area contributed by atoms with Gasteiger partial charge < -0.3 is 9.84 Å². The van der Waals surface area contributed by atoms with Crippen LogP contribution in [0.15, 0.2) is 18.2 Å². The lowest BCUT2D eigenvalue weighted by molar-refractivity contribution is -0.150. The van der Waals surface area contributed by atoms with Crippen LogP contribution in [0.5, 0.6) is 5.75 Å². The average molecular weight is 356 g/mol. The van der Waals surface area contributed by atoms with E-state index in [1.807, 2.05) is 0 Å². The summed E-state index contributed by atoms with van der Waals surface area (Å²) in [6.07, 6.45) is 8.16. The van der Waals surface area contributed by atoms with Crippen LogP contribution in [0.4, 0.5) is 0 Å². The summed E-state index contributed by atoms with van der Waals surface area (Å²) in [5.41, 5.74) is 2.54. The number of methoxy groups -OCH3 is 1. The van der Waals surface area contributed by atoms with Crippen molar-refractivity contribution >= 4 is 0 Å². The topological polar surface area (TPSA) is 32.7 Å². The van der Waals surface area contributed by atoms with Crippen LogP contribution in [0, 0.1) is 5.92 Å². The third-order valence-electron chi connectivity index (χ3n) is 8.61. The van der Waals surface area contributed by atoms with Gasteiger partial charge in [0.1, 0.15) is 5.75 Å². The van der Waals surface area contributed by atoms with Gasteiger partial charge in [-0.3, -0.25) is 4.90 Å². The van der Waals surface area contributed by atoms with Crippen molar-refractivity contribution in [3.63, 3.8) is 0 Å². The molecule has 1 aromatic carbocycles. The lowest BCUT2D eigenvalue weighted by atomic mass is 9.55. The zero-order valence-electron chi connectivity index (χ0n) is 16.6. The van der Waals surface area contributed by atoms with Gasteiger partial charge in [-0.25, -0.2) is 0 Å². The fourth-order valence-corrected chi connectivity index (χ4v) is 7.46. The standard InChI is InChI=1S/C23H33NO2/c1-4-16(5-2)13-24-15-21-14-22(10-6-7-11-23(22,25)20(21)24)19-12-17(26-3)8-9-18(19)21/h8-9,12,16,20,25H,4-7,10-11,13-15H2,1-3H3/t20-,21?,22+,23-/m1/s1. The molecule has 2 spiro atoms. The molecule has 4 atom stereocenters. The third kappa shape index (κ3) is 1.77. The normalized spacial score (nSPS) is 40.1. The van der Waals surface area contributed by atoms with E-state index in [1.165, 1.54) is 36.8 Å². The van der Waals surface area contributed by atoms with Gasteiger partial charge in [0.25, 0.3) is 0 Å². The largest absolute Gasteiger partial charge is 0.497 e. The molecule has 1 heterocycles. The van der Waals surface area contributed by atoms with Gasteiger partial charge in [0, 0.05) is 23.9 Å². The molecular weight excluding hydrogens is 322 g/mol. The zero-order valence-corrected chi connectivity index (χ0v) is 16.6. The van der Waals surface area contributed by atoms with E-state index in [0.717, 1.165) is 44.0 Å². The third-order valence-corrected chi connectivity index (χ3v) is 8.61. The first-order valence-corrected chi connectivity index (χ1v) is 10.7. The highest BCUT2D eigenvalue weighted by Gasteiger charge is 2.80. The number of ether oxygens (including phenoxy) is 1. The Morgan fingerprint density at radius 1 is 1.19 bits per heavy atom. The fourth-order valence-electron chi connectivity index (χ4n) is 7.46. The summed E-state index contributed by atoms with van der Waals surface area (Å²) in [6.45, 7) is 6.91. The molecule has 0 amide bonds. The van der Waals surface area contributed by atoms with E-state index in [9.17, 15) is 5.11 Å². The van der Waals surface area contributed by atoms with Crippen LogP contribution in [0.1, 0.15) is 69.9 Å². The Hall–Kier alpha value is -1.06. The molecule has 1 saturated heterocycles. The molecule has 4 aliphatic rings. The number of rotatable bonds is 5. The van der Waals surface area contributed by atoms with Crippen molar-refractivity contribution in [3.05, 3.63) is 29.3 Å². The molecule has 1 unspecified atom stereocenters. The molecule has 26 heavy (non-hydrogen) atoms. The summed E-state index contributed by atoms with van der Waals surface area (Å²) in [6, 6.07) is 7.03. The van der Waals surface area contributed by atoms with Crippen LogP contribution in [-0.2, 0) is 10.8 Å². The Morgan fingerprint density at radius 3 is 2.69 bits per heavy atom. The minimum Gasteiger partial charge on any atom is -0.497 e. The highest BCUT2D eigenvalue weighted by Crippen LogP contribution is 2.74. The number of aliphatic hydroxyl groups is 1. The van der Waals surface area contributed by atoms with Crippen LogP contribution in [0.3, 0.4) is 0 Å². The maximum absolute atomic E-state index is 12.1. The lowest BCUT2D eigenvalue weighted by Crippen LogP contribution is -2.75. The minimum atomic E-state index is -0.547. The smallest absolute Gasteiger partial charge is 0.119 e. The van der Waals surface area contributed by atoms with Crippen LogP contribution >= 0.6 is 0 Å². The van der Waals surface area contributed by atoms with Crippen LogP contribution in [0.2, 0.25) is 0 Å². The van der Waals surface area contributed by atoms with E-state index in [1.54, 1.807) is 7.11 Å². The number of hydrogen-bond donors (Lipinski definition) is 1. The summed E-state index contributed by atoms with van der Waals surface area (Å²) >= 11 is 0. The Labute approximate surface area is 157 Å². The maximum atomic E-state index is 12.1. The van der Waals surface area contributed by atoms with Gasteiger partial charge in [0.05, 0.1) is 18.8 Å². The van der Waals surface area contributed by atoms with Gasteiger partial charge in [-0.2, -0.15) is 0 Å².